The van der Waals surface area contributed by atoms with Crippen LogP contribution >= 0.6 is 11.8 Å². The summed E-state index contributed by atoms with van der Waals surface area (Å²) in [5.41, 5.74) is 0.586. The first-order valence-corrected chi connectivity index (χ1v) is 8.56. The zero-order valence-electron chi connectivity index (χ0n) is 12.3. The second-order valence-electron chi connectivity index (χ2n) is 5.16. The van der Waals surface area contributed by atoms with Crippen molar-refractivity contribution in [3.63, 3.8) is 0 Å². The molecule has 0 aromatic carbocycles. The highest BCUT2D eigenvalue weighted by Gasteiger charge is 2.18. The molecule has 0 aliphatic carbocycles. The summed E-state index contributed by atoms with van der Waals surface area (Å²) in [7, 11) is 0. The third kappa shape index (κ3) is 4.04. The molecule has 0 spiro atoms. The molecule has 0 saturated carbocycles. The highest BCUT2D eigenvalue weighted by atomic mass is 32.2. The average Bonchev–Trinajstić information content (AvgIpc) is 3.21. The van der Waals surface area contributed by atoms with Gasteiger partial charge in [0, 0.05) is 49.1 Å². The minimum absolute atomic E-state index is 0.0970. The summed E-state index contributed by atoms with van der Waals surface area (Å²) in [6.07, 6.45) is 6.83. The van der Waals surface area contributed by atoms with E-state index in [1.807, 2.05) is 40.9 Å². The Kier molecular flexibility index (Phi) is 5.00. The van der Waals surface area contributed by atoms with Crippen LogP contribution in [0.2, 0.25) is 0 Å². The van der Waals surface area contributed by atoms with Gasteiger partial charge in [-0.05, 0) is 30.4 Å². The van der Waals surface area contributed by atoms with Gasteiger partial charge in [-0.25, -0.2) is 4.98 Å². The summed E-state index contributed by atoms with van der Waals surface area (Å²) in [6.45, 7) is 1.35. The molecule has 1 aliphatic heterocycles. The van der Waals surface area contributed by atoms with E-state index < -0.39 is 0 Å². The van der Waals surface area contributed by atoms with Gasteiger partial charge in [0.25, 0.3) is 5.91 Å². The van der Waals surface area contributed by atoms with E-state index >= 15 is 0 Å². The van der Waals surface area contributed by atoms with Crippen LogP contribution in [0.5, 0.6) is 5.88 Å². The van der Waals surface area contributed by atoms with E-state index in [1.165, 1.54) is 0 Å². The smallest absolute Gasteiger partial charge is 0.251 e. The number of rotatable bonds is 6. The number of carbonyl (C=O) groups excluding carboxylic acids is 1. The molecule has 2 aromatic rings. The van der Waals surface area contributed by atoms with Crippen molar-refractivity contribution in [3.05, 3.63) is 48.4 Å². The number of thioether (sulfide) groups is 1. The number of hydrogen-bond acceptors (Lipinski definition) is 4. The van der Waals surface area contributed by atoms with Gasteiger partial charge in [-0.15, -0.1) is 0 Å². The fraction of sp³-hybridized carbons (Fsp3) is 0.375. The first-order valence-electron chi connectivity index (χ1n) is 7.41. The molecule has 116 valence electrons. The molecule has 5 nitrogen and oxygen atoms in total. The standard InChI is InChI=1S/C16H19N3O2S/c20-16(18-6-9-19-7-1-2-8-19)13-3-5-17-15(11-13)21-14-4-10-22-12-14/h1-3,5,7-8,11,14H,4,6,9-10,12H2,(H,18,20)/t14-/m0/s1. The lowest BCUT2D eigenvalue weighted by atomic mass is 10.2. The van der Waals surface area contributed by atoms with Crippen LogP contribution in [0.4, 0.5) is 0 Å². The van der Waals surface area contributed by atoms with Crippen molar-refractivity contribution in [2.45, 2.75) is 19.1 Å². The third-order valence-electron chi connectivity index (χ3n) is 3.49. The SMILES string of the molecule is O=C(NCCn1cccc1)c1ccnc(O[C@H]2CCSC2)c1. The predicted molar refractivity (Wildman–Crippen MR) is 87.4 cm³/mol. The maximum atomic E-state index is 12.2. The normalized spacial score (nSPS) is 17.4. The molecule has 0 radical (unpaired) electrons. The van der Waals surface area contributed by atoms with Crippen molar-refractivity contribution in [2.24, 2.45) is 0 Å². The molecular formula is C16H19N3O2S. The van der Waals surface area contributed by atoms with Crippen LogP contribution in [0.25, 0.3) is 0 Å². The molecule has 3 rings (SSSR count). The Morgan fingerprint density at radius 1 is 1.45 bits per heavy atom. The number of nitrogens with zero attached hydrogens (tertiary/aromatic N) is 2. The second kappa shape index (κ2) is 7.35. The number of carbonyl (C=O) groups is 1. The van der Waals surface area contributed by atoms with E-state index in [1.54, 1.807) is 18.3 Å². The van der Waals surface area contributed by atoms with Crippen molar-refractivity contribution in [1.29, 1.82) is 0 Å². The molecule has 1 N–H and O–H groups in total. The highest BCUT2D eigenvalue weighted by molar-refractivity contribution is 7.99. The molecule has 1 fully saturated rings. The van der Waals surface area contributed by atoms with Crippen LogP contribution in [0, 0.1) is 0 Å². The molecule has 0 unspecified atom stereocenters. The van der Waals surface area contributed by atoms with Gasteiger partial charge in [0.1, 0.15) is 6.10 Å². The van der Waals surface area contributed by atoms with Crippen LogP contribution < -0.4 is 10.1 Å². The summed E-state index contributed by atoms with van der Waals surface area (Å²) in [6, 6.07) is 7.36. The van der Waals surface area contributed by atoms with Gasteiger partial charge < -0.3 is 14.6 Å². The number of amides is 1. The fourth-order valence-electron chi connectivity index (χ4n) is 2.31. The van der Waals surface area contributed by atoms with Crippen molar-refractivity contribution < 1.29 is 9.53 Å². The number of ether oxygens (including phenoxy) is 1. The molecule has 1 amide bonds. The summed E-state index contributed by atoms with van der Waals surface area (Å²) in [5, 5.41) is 2.91. The lowest BCUT2D eigenvalue weighted by Gasteiger charge is -2.12. The van der Waals surface area contributed by atoms with Gasteiger partial charge in [-0.2, -0.15) is 11.8 Å². The number of nitrogens with one attached hydrogen (secondary N) is 1. The van der Waals surface area contributed by atoms with Crippen molar-refractivity contribution in [1.82, 2.24) is 14.9 Å². The van der Waals surface area contributed by atoms with E-state index in [4.69, 9.17) is 4.74 Å². The van der Waals surface area contributed by atoms with Crippen LogP contribution in [0.15, 0.2) is 42.9 Å². The van der Waals surface area contributed by atoms with E-state index in [0.717, 1.165) is 24.5 Å². The van der Waals surface area contributed by atoms with Gasteiger partial charge in [-0.3, -0.25) is 4.79 Å². The summed E-state index contributed by atoms with van der Waals surface area (Å²) >= 11 is 1.89. The molecule has 1 saturated heterocycles. The summed E-state index contributed by atoms with van der Waals surface area (Å²) in [5.74, 6) is 2.56. The molecule has 6 heteroatoms. The molecule has 1 aliphatic rings. The zero-order valence-corrected chi connectivity index (χ0v) is 13.1. The Balaban J connectivity index is 1.52. The first-order chi connectivity index (χ1) is 10.8. The minimum atomic E-state index is -0.0970. The highest BCUT2D eigenvalue weighted by Crippen LogP contribution is 2.22. The first kappa shape index (κ1) is 15.0. The quantitative estimate of drug-likeness (QED) is 0.887. The van der Waals surface area contributed by atoms with E-state index in [2.05, 4.69) is 10.3 Å². The fourth-order valence-corrected chi connectivity index (χ4v) is 3.41. The van der Waals surface area contributed by atoms with Crippen LogP contribution in [0.3, 0.4) is 0 Å². The molecule has 0 bridgehead atoms. The second-order valence-corrected chi connectivity index (χ2v) is 6.31. The average molecular weight is 317 g/mol. The van der Waals surface area contributed by atoms with Gasteiger partial charge >= 0.3 is 0 Å². The molecule has 1 atom stereocenters. The van der Waals surface area contributed by atoms with Crippen LogP contribution in [0.1, 0.15) is 16.8 Å². The topological polar surface area (TPSA) is 56.2 Å². The molecule has 22 heavy (non-hydrogen) atoms. The predicted octanol–water partition coefficient (Wildman–Crippen LogP) is 2.20. The van der Waals surface area contributed by atoms with Crippen molar-refractivity contribution in [3.8, 4) is 5.88 Å². The third-order valence-corrected chi connectivity index (χ3v) is 4.63. The van der Waals surface area contributed by atoms with Crippen LogP contribution in [-0.2, 0) is 6.54 Å². The Hall–Kier alpha value is -1.95. The van der Waals surface area contributed by atoms with Crippen LogP contribution in [-0.4, -0.2) is 39.6 Å². The van der Waals surface area contributed by atoms with Gasteiger partial charge in [0.15, 0.2) is 0 Å². The molecule has 3 heterocycles. The maximum Gasteiger partial charge on any atom is 0.251 e. The van der Waals surface area contributed by atoms with Crippen molar-refractivity contribution >= 4 is 17.7 Å². The molecule has 2 aromatic heterocycles. The Morgan fingerprint density at radius 2 is 2.32 bits per heavy atom. The van der Waals surface area contributed by atoms with Gasteiger partial charge in [0.05, 0.1) is 0 Å². The van der Waals surface area contributed by atoms with Gasteiger partial charge in [0.2, 0.25) is 5.88 Å². The minimum Gasteiger partial charge on any atom is -0.473 e. The lowest BCUT2D eigenvalue weighted by molar-refractivity contribution is 0.0951. The Labute approximate surface area is 134 Å². The Morgan fingerprint density at radius 3 is 3.09 bits per heavy atom. The van der Waals surface area contributed by atoms with E-state index in [9.17, 15) is 4.79 Å². The monoisotopic (exact) mass is 317 g/mol. The lowest BCUT2D eigenvalue weighted by Crippen LogP contribution is -2.27. The number of pyridine rings is 1. The van der Waals surface area contributed by atoms with E-state index in [0.29, 0.717) is 18.0 Å². The largest absolute Gasteiger partial charge is 0.473 e. The Bertz CT molecular complexity index is 610. The van der Waals surface area contributed by atoms with Gasteiger partial charge in [-0.1, -0.05) is 0 Å². The molecular weight excluding hydrogens is 298 g/mol. The summed E-state index contributed by atoms with van der Waals surface area (Å²) in [4.78, 5) is 16.3. The number of aromatic nitrogens is 2. The van der Waals surface area contributed by atoms with Crippen molar-refractivity contribution in [2.75, 3.05) is 18.1 Å². The zero-order chi connectivity index (χ0) is 15.2. The van der Waals surface area contributed by atoms with E-state index in [-0.39, 0.29) is 12.0 Å². The maximum absolute atomic E-state index is 12.2. The summed E-state index contributed by atoms with van der Waals surface area (Å²) < 4.78 is 7.84. The number of hydrogen-bond donors (Lipinski definition) is 1.